The van der Waals surface area contributed by atoms with E-state index in [9.17, 15) is 14.7 Å². The van der Waals surface area contributed by atoms with Gasteiger partial charge in [-0.15, -0.1) is 0 Å². The summed E-state index contributed by atoms with van der Waals surface area (Å²) >= 11 is 0. The van der Waals surface area contributed by atoms with Gasteiger partial charge in [0.25, 0.3) is 5.56 Å². The zero-order valence-corrected chi connectivity index (χ0v) is 16.7. The van der Waals surface area contributed by atoms with Gasteiger partial charge in [-0.25, -0.2) is 4.68 Å². The second-order valence-corrected chi connectivity index (χ2v) is 8.00. The molecule has 1 heterocycles. The normalized spacial score (nSPS) is 21.3. The molecule has 28 heavy (non-hydrogen) atoms. The van der Waals surface area contributed by atoms with E-state index in [2.05, 4.69) is 10.4 Å². The van der Waals surface area contributed by atoms with Gasteiger partial charge in [0.15, 0.2) is 0 Å². The SMILES string of the molecule is COc1cccc(-c2cc(=O)n(CC(=O)NC3CC(C)(O)C3)nc2C(C)C)c1. The van der Waals surface area contributed by atoms with Gasteiger partial charge < -0.3 is 15.2 Å². The number of hydrogen-bond acceptors (Lipinski definition) is 5. The Morgan fingerprint density at radius 3 is 2.71 bits per heavy atom. The highest BCUT2D eigenvalue weighted by atomic mass is 16.5. The Kier molecular flexibility index (Phi) is 5.56. The first-order chi connectivity index (χ1) is 13.2. The van der Waals surface area contributed by atoms with Crippen LogP contribution in [0.3, 0.4) is 0 Å². The fraction of sp³-hybridized carbons (Fsp3) is 0.476. The topological polar surface area (TPSA) is 93.5 Å². The van der Waals surface area contributed by atoms with E-state index >= 15 is 0 Å². The second kappa shape index (κ2) is 7.75. The molecule has 0 bridgehead atoms. The van der Waals surface area contributed by atoms with E-state index in [4.69, 9.17) is 4.74 Å². The van der Waals surface area contributed by atoms with Crippen molar-refractivity contribution in [1.82, 2.24) is 15.1 Å². The number of amides is 1. The van der Waals surface area contributed by atoms with Gasteiger partial charge in [-0.2, -0.15) is 5.10 Å². The minimum Gasteiger partial charge on any atom is -0.497 e. The molecule has 0 aliphatic heterocycles. The Balaban J connectivity index is 1.84. The first-order valence-electron chi connectivity index (χ1n) is 9.47. The monoisotopic (exact) mass is 385 g/mol. The zero-order chi connectivity index (χ0) is 20.5. The Labute approximate surface area is 164 Å². The lowest BCUT2D eigenvalue weighted by Crippen LogP contribution is -2.54. The lowest BCUT2D eigenvalue weighted by atomic mass is 9.77. The van der Waals surface area contributed by atoms with Gasteiger partial charge >= 0.3 is 0 Å². The number of rotatable bonds is 6. The summed E-state index contributed by atoms with van der Waals surface area (Å²) in [6, 6.07) is 8.95. The van der Waals surface area contributed by atoms with Crippen LogP contribution >= 0.6 is 0 Å². The van der Waals surface area contributed by atoms with Crippen molar-refractivity contribution in [2.24, 2.45) is 0 Å². The first kappa shape index (κ1) is 20.1. The van der Waals surface area contributed by atoms with Crippen LogP contribution < -0.4 is 15.6 Å². The summed E-state index contributed by atoms with van der Waals surface area (Å²) in [6.45, 7) is 5.60. The Morgan fingerprint density at radius 2 is 2.11 bits per heavy atom. The molecule has 1 aliphatic rings. The summed E-state index contributed by atoms with van der Waals surface area (Å²) in [5.74, 6) is 0.490. The number of aromatic nitrogens is 2. The minimum atomic E-state index is -0.712. The smallest absolute Gasteiger partial charge is 0.267 e. The summed E-state index contributed by atoms with van der Waals surface area (Å²) in [7, 11) is 1.60. The maximum atomic E-state index is 12.6. The summed E-state index contributed by atoms with van der Waals surface area (Å²) in [5, 5.41) is 17.1. The van der Waals surface area contributed by atoms with Crippen molar-refractivity contribution in [1.29, 1.82) is 0 Å². The highest BCUT2D eigenvalue weighted by Crippen LogP contribution is 2.31. The molecule has 1 aliphatic carbocycles. The quantitative estimate of drug-likeness (QED) is 0.794. The van der Waals surface area contributed by atoms with Crippen LogP contribution in [-0.2, 0) is 11.3 Å². The molecule has 1 aromatic carbocycles. The van der Waals surface area contributed by atoms with Gasteiger partial charge in [-0.05, 0) is 43.4 Å². The van der Waals surface area contributed by atoms with E-state index in [1.807, 2.05) is 38.1 Å². The van der Waals surface area contributed by atoms with Crippen LogP contribution in [0.1, 0.15) is 45.2 Å². The van der Waals surface area contributed by atoms with E-state index in [1.54, 1.807) is 14.0 Å². The molecule has 7 nitrogen and oxygen atoms in total. The fourth-order valence-electron chi connectivity index (χ4n) is 3.58. The van der Waals surface area contributed by atoms with Crippen molar-refractivity contribution in [2.45, 2.75) is 57.7 Å². The molecule has 150 valence electrons. The number of ether oxygens (including phenoxy) is 1. The van der Waals surface area contributed by atoms with Gasteiger partial charge in [-0.3, -0.25) is 9.59 Å². The van der Waals surface area contributed by atoms with Crippen LogP contribution in [0.25, 0.3) is 11.1 Å². The van der Waals surface area contributed by atoms with Gasteiger partial charge in [0.05, 0.1) is 18.4 Å². The average molecular weight is 385 g/mol. The summed E-state index contributed by atoms with van der Waals surface area (Å²) in [6.07, 6.45) is 1.04. The van der Waals surface area contributed by atoms with Crippen LogP contribution in [0, 0.1) is 0 Å². The molecule has 0 spiro atoms. The molecule has 1 saturated carbocycles. The van der Waals surface area contributed by atoms with Gasteiger partial charge in [0.2, 0.25) is 5.91 Å². The number of carbonyl (C=O) groups excluding carboxylic acids is 1. The molecule has 0 saturated heterocycles. The molecule has 0 radical (unpaired) electrons. The molecule has 2 aromatic rings. The van der Waals surface area contributed by atoms with E-state index in [-0.39, 0.29) is 30.0 Å². The summed E-state index contributed by atoms with van der Waals surface area (Å²) in [4.78, 5) is 24.9. The Bertz CT molecular complexity index is 925. The van der Waals surface area contributed by atoms with Crippen LogP contribution in [-0.4, -0.2) is 39.5 Å². The van der Waals surface area contributed by atoms with E-state index in [0.29, 0.717) is 18.6 Å². The van der Waals surface area contributed by atoms with E-state index < -0.39 is 5.60 Å². The van der Waals surface area contributed by atoms with E-state index in [1.165, 1.54) is 10.7 Å². The van der Waals surface area contributed by atoms with Crippen LogP contribution in [0.5, 0.6) is 5.75 Å². The van der Waals surface area contributed by atoms with Crippen molar-refractivity contribution in [3.8, 4) is 16.9 Å². The van der Waals surface area contributed by atoms with Crippen molar-refractivity contribution in [2.75, 3.05) is 7.11 Å². The first-order valence-corrected chi connectivity index (χ1v) is 9.47. The molecule has 0 atom stereocenters. The highest BCUT2D eigenvalue weighted by molar-refractivity contribution is 5.76. The third kappa shape index (κ3) is 4.42. The predicted octanol–water partition coefficient (Wildman–Crippen LogP) is 2.07. The zero-order valence-electron chi connectivity index (χ0n) is 16.7. The maximum absolute atomic E-state index is 12.6. The molecular weight excluding hydrogens is 358 g/mol. The largest absolute Gasteiger partial charge is 0.497 e. The molecule has 0 unspecified atom stereocenters. The van der Waals surface area contributed by atoms with Crippen molar-refractivity contribution in [3.05, 3.63) is 46.4 Å². The van der Waals surface area contributed by atoms with Crippen molar-refractivity contribution in [3.63, 3.8) is 0 Å². The molecule has 2 N–H and O–H groups in total. The minimum absolute atomic E-state index is 0.0566. The molecule has 1 aromatic heterocycles. The number of nitrogens with zero attached hydrogens (tertiary/aromatic N) is 2. The van der Waals surface area contributed by atoms with Gasteiger partial charge in [0.1, 0.15) is 12.3 Å². The number of methoxy groups -OCH3 is 1. The molecular formula is C21H27N3O4. The number of nitrogens with one attached hydrogen (secondary N) is 1. The number of carbonyl (C=O) groups is 1. The third-order valence-corrected chi connectivity index (χ3v) is 4.99. The van der Waals surface area contributed by atoms with Crippen LogP contribution in [0.15, 0.2) is 35.1 Å². The summed E-state index contributed by atoms with van der Waals surface area (Å²) in [5.41, 5.74) is 1.28. The Morgan fingerprint density at radius 1 is 1.39 bits per heavy atom. The van der Waals surface area contributed by atoms with Crippen molar-refractivity contribution < 1.29 is 14.6 Å². The van der Waals surface area contributed by atoms with Crippen molar-refractivity contribution >= 4 is 5.91 Å². The standard InChI is InChI=1S/C21H27N3O4/c1-13(2)20-17(14-6-5-7-16(8-14)28-4)9-19(26)24(23-20)12-18(25)22-15-10-21(3,27)11-15/h5-9,13,15,27H,10-12H2,1-4H3,(H,22,25). The van der Waals surface area contributed by atoms with Gasteiger partial charge in [0, 0.05) is 17.7 Å². The van der Waals surface area contributed by atoms with E-state index in [0.717, 1.165) is 16.8 Å². The predicted molar refractivity (Wildman–Crippen MR) is 106 cm³/mol. The maximum Gasteiger partial charge on any atom is 0.267 e. The molecule has 1 fully saturated rings. The summed E-state index contributed by atoms with van der Waals surface area (Å²) < 4.78 is 6.48. The average Bonchev–Trinajstić information content (AvgIpc) is 2.61. The number of hydrogen-bond donors (Lipinski definition) is 2. The Hall–Kier alpha value is -2.67. The highest BCUT2D eigenvalue weighted by Gasteiger charge is 2.39. The molecule has 1 amide bonds. The molecule has 3 rings (SSSR count). The van der Waals surface area contributed by atoms with Crippen LogP contribution in [0.2, 0.25) is 0 Å². The van der Waals surface area contributed by atoms with Crippen LogP contribution in [0.4, 0.5) is 0 Å². The fourth-order valence-corrected chi connectivity index (χ4v) is 3.58. The molecule has 7 heteroatoms. The number of aliphatic hydroxyl groups is 1. The lowest BCUT2D eigenvalue weighted by molar-refractivity contribution is -0.125. The second-order valence-electron chi connectivity index (χ2n) is 8.00. The number of benzene rings is 1. The lowest BCUT2D eigenvalue weighted by Gasteiger charge is -2.41. The van der Waals surface area contributed by atoms with Gasteiger partial charge in [-0.1, -0.05) is 26.0 Å². The third-order valence-electron chi connectivity index (χ3n) is 4.99.